The van der Waals surface area contributed by atoms with Crippen molar-refractivity contribution in [2.45, 2.75) is 27.7 Å². The highest BCUT2D eigenvalue weighted by Crippen LogP contribution is 2.14. The summed E-state index contributed by atoms with van der Waals surface area (Å²) >= 11 is 0. The number of rotatable bonds is 3. The fourth-order valence-electron chi connectivity index (χ4n) is 1.53. The molecule has 0 fully saturated rings. The minimum atomic E-state index is -0.556. The summed E-state index contributed by atoms with van der Waals surface area (Å²) in [6, 6.07) is 2.15. The zero-order valence-corrected chi connectivity index (χ0v) is 11.0. The van der Waals surface area contributed by atoms with Crippen LogP contribution in [0.15, 0.2) is 0 Å². The Morgan fingerprint density at radius 2 is 2.12 bits per heavy atom. The van der Waals surface area contributed by atoms with Gasteiger partial charge in [0.05, 0.1) is 22.7 Å². The van der Waals surface area contributed by atoms with Crippen molar-refractivity contribution in [2.75, 3.05) is 6.54 Å². The molecule has 1 aromatic rings. The Kier molecular flexibility index (Phi) is 3.56. The van der Waals surface area contributed by atoms with Crippen LogP contribution in [0.3, 0.4) is 0 Å². The monoisotopic (exact) mass is 234 g/mol. The van der Waals surface area contributed by atoms with Gasteiger partial charge < -0.3 is 5.32 Å². The summed E-state index contributed by atoms with van der Waals surface area (Å²) in [5.41, 5.74) is 1.58. The molecule has 0 radical (unpaired) electrons. The van der Waals surface area contributed by atoms with Gasteiger partial charge in [-0.25, -0.2) is 0 Å². The Balaban J connectivity index is 2.82. The van der Waals surface area contributed by atoms with E-state index in [1.54, 1.807) is 32.5 Å². The van der Waals surface area contributed by atoms with E-state index in [2.05, 4.69) is 16.5 Å². The molecule has 1 amide bonds. The smallest absolute Gasteiger partial charge is 0.255 e. The van der Waals surface area contributed by atoms with E-state index in [1.165, 1.54) is 0 Å². The third-order valence-electron chi connectivity index (χ3n) is 2.73. The van der Waals surface area contributed by atoms with Gasteiger partial charge in [0, 0.05) is 19.3 Å². The Morgan fingerprint density at radius 3 is 2.53 bits per heavy atom. The fourth-order valence-corrected chi connectivity index (χ4v) is 1.53. The highest BCUT2D eigenvalue weighted by Gasteiger charge is 2.21. The van der Waals surface area contributed by atoms with Crippen LogP contribution in [-0.4, -0.2) is 22.2 Å². The number of nitrogens with one attached hydrogen (secondary N) is 1. The van der Waals surface area contributed by atoms with Gasteiger partial charge in [-0.05, 0) is 27.7 Å². The number of aromatic nitrogens is 2. The molecule has 1 rings (SSSR count). The highest BCUT2D eigenvalue weighted by molar-refractivity contribution is 5.96. The second-order valence-corrected chi connectivity index (χ2v) is 4.85. The quantitative estimate of drug-likeness (QED) is 0.857. The number of hydrogen-bond acceptors (Lipinski definition) is 3. The lowest BCUT2D eigenvalue weighted by Crippen LogP contribution is -2.33. The molecule has 0 spiro atoms. The molecule has 5 heteroatoms. The lowest BCUT2D eigenvalue weighted by molar-refractivity contribution is 0.0942. The lowest BCUT2D eigenvalue weighted by Gasteiger charge is -2.15. The fraction of sp³-hybridized carbons (Fsp3) is 0.583. The van der Waals surface area contributed by atoms with Crippen molar-refractivity contribution in [3.63, 3.8) is 0 Å². The van der Waals surface area contributed by atoms with Crippen LogP contribution in [-0.2, 0) is 7.05 Å². The van der Waals surface area contributed by atoms with E-state index in [1.807, 2.05) is 6.92 Å². The van der Waals surface area contributed by atoms with Gasteiger partial charge in [-0.3, -0.25) is 9.48 Å². The average Bonchev–Trinajstić information content (AvgIpc) is 2.50. The lowest BCUT2D eigenvalue weighted by atomic mass is 9.96. The van der Waals surface area contributed by atoms with Gasteiger partial charge in [0.1, 0.15) is 0 Å². The van der Waals surface area contributed by atoms with Gasteiger partial charge in [0.15, 0.2) is 0 Å². The largest absolute Gasteiger partial charge is 0.350 e. The van der Waals surface area contributed by atoms with Crippen LogP contribution >= 0.6 is 0 Å². The number of carbonyl (C=O) groups excluding carboxylic acids is 1. The van der Waals surface area contributed by atoms with Gasteiger partial charge in [-0.2, -0.15) is 10.4 Å². The molecule has 1 aromatic heterocycles. The van der Waals surface area contributed by atoms with Crippen molar-refractivity contribution >= 4 is 5.91 Å². The predicted octanol–water partition coefficient (Wildman–Crippen LogP) is 1.32. The Labute approximate surface area is 101 Å². The van der Waals surface area contributed by atoms with Crippen molar-refractivity contribution in [3.8, 4) is 6.07 Å². The molecule has 1 N–H and O–H groups in total. The third kappa shape index (κ3) is 2.84. The first-order valence-corrected chi connectivity index (χ1v) is 5.48. The molecule has 0 saturated carbocycles. The maximum atomic E-state index is 12.0. The zero-order chi connectivity index (χ0) is 13.2. The van der Waals surface area contributed by atoms with Crippen molar-refractivity contribution in [3.05, 3.63) is 17.0 Å². The van der Waals surface area contributed by atoms with E-state index in [0.717, 1.165) is 5.69 Å². The summed E-state index contributed by atoms with van der Waals surface area (Å²) in [6.45, 7) is 7.56. The molecule has 0 aromatic carbocycles. The topological polar surface area (TPSA) is 70.7 Å². The van der Waals surface area contributed by atoms with Crippen LogP contribution < -0.4 is 5.32 Å². The van der Waals surface area contributed by atoms with E-state index in [0.29, 0.717) is 17.8 Å². The molecule has 0 atom stereocenters. The van der Waals surface area contributed by atoms with Crippen molar-refractivity contribution in [2.24, 2.45) is 12.5 Å². The maximum absolute atomic E-state index is 12.0. The first kappa shape index (κ1) is 13.2. The van der Waals surface area contributed by atoms with Crippen LogP contribution in [0.1, 0.15) is 35.6 Å². The number of aryl methyl sites for hydroxylation is 2. The Bertz CT molecular complexity index is 479. The summed E-state index contributed by atoms with van der Waals surface area (Å²) in [7, 11) is 1.80. The van der Waals surface area contributed by atoms with Crippen molar-refractivity contribution < 1.29 is 4.79 Å². The molecule has 1 heterocycles. The molecular formula is C12H18N4O. The second kappa shape index (κ2) is 4.58. The minimum absolute atomic E-state index is 0.170. The summed E-state index contributed by atoms with van der Waals surface area (Å²) in [4.78, 5) is 12.0. The Hall–Kier alpha value is -1.83. The second-order valence-electron chi connectivity index (χ2n) is 4.85. The molecule has 0 bridgehead atoms. The number of carbonyl (C=O) groups is 1. The number of amides is 1. The maximum Gasteiger partial charge on any atom is 0.255 e. The van der Waals surface area contributed by atoms with Crippen LogP contribution in [0.4, 0.5) is 0 Å². The van der Waals surface area contributed by atoms with Crippen LogP contribution in [0.5, 0.6) is 0 Å². The number of nitrogens with zero attached hydrogens (tertiary/aromatic N) is 3. The molecule has 0 aliphatic carbocycles. The summed E-state index contributed by atoms with van der Waals surface area (Å²) in [5, 5.41) is 15.8. The molecule has 5 nitrogen and oxygen atoms in total. The van der Waals surface area contributed by atoms with Gasteiger partial charge in [-0.15, -0.1) is 0 Å². The van der Waals surface area contributed by atoms with Gasteiger partial charge in [0.2, 0.25) is 0 Å². The molecule has 92 valence electrons. The number of nitriles is 1. The minimum Gasteiger partial charge on any atom is -0.350 e. The molecule has 0 aliphatic heterocycles. The summed E-state index contributed by atoms with van der Waals surface area (Å²) < 4.78 is 1.68. The SMILES string of the molecule is Cc1nn(C)c(C)c1C(=O)NCC(C)(C)C#N. The van der Waals surface area contributed by atoms with Crippen LogP contribution in [0.25, 0.3) is 0 Å². The summed E-state index contributed by atoms with van der Waals surface area (Å²) in [6.07, 6.45) is 0. The molecule has 0 saturated heterocycles. The molecule has 0 unspecified atom stereocenters. The standard InChI is InChI=1S/C12H18N4O/c1-8-10(9(2)16(5)15-8)11(17)14-7-12(3,4)6-13/h7H2,1-5H3,(H,14,17). The normalized spacial score (nSPS) is 11.1. The first-order valence-electron chi connectivity index (χ1n) is 5.48. The van der Waals surface area contributed by atoms with E-state index in [9.17, 15) is 4.79 Å². The van der Waals surface area contributed by atoms with Crippen LogP contribution in [0.2, 0.25) is 0 Å². The van der Waals surface area contributed by atoms with Crippen LogP contribution in [0, 0.1) is 30.6 Å². The van der Waals surface area contributed by atoms with E-state index >= 15 is 0 Å². The summed E-state index contributed by atoms with van der Waals surface area (Å²) in [5.74, 6) is -0.170. The molecular weight excluding hydrogens is 216 g/mol. The van der Waals surface area contributed by atoms with Gasteiger partial charge >= 0.3 is 0 Å². The molecule has 0 aliphatic rings. The highest BCUT2D eigenvalue weighted by atomic mass is 16.1. The average molecular weight is 234 g/mol. The molecule has 17 heavy (non-hydrogen) atoms. The van der Waals surface area contributed by atoms with E-state index < -0.39 is 5.41 Å². The van der Waals surface area contributed by atoms with E-state index in [-0.39, 0.29) is 5.91 Å². The van der Waals surface area contributed by atoms with E-state index in [4.69, 9.17) is 5.26 Å². The van der Waals surface area contributed by atoms with Crippen molar-refractivity contribution in [1.29, 1.82) is 5.26 Å². The van der Waals surface area contributed by atoms with Gasteiger partial charge in [0.25, 0.3) is 5.91 Å². The number of hydrogen-bond donors (Lipinski definition) is 1. The van der Waals surface area contributed by atoms with Gasteiger partial charge in [-0.1, -0.05) is 0 Å². The predicted molar refractivity (Wildman–Crippen MR) is 64.4 cm³/mol. The zero-order valence-electron chi connectivity index (χ0n) is 11.0. The van der Waals surface area contributed by atoms with Crippen molar-refractivity contribution in [1.82, 2.24) is 15.1 Å². The Morgan fingerprint density at radius 1 is 1.53 bits per heavy atom. The first-order chi connectivity index (χ1) is 7.78. The third-order valence-corrected chi connectivity index (χ3v) is 2.73.